The average Bonchev–Trinajstić information content (AvgIpc) is 3.07. The number of carbonyl (C=O) groups excluding carboxylic acids is 1. The molecule has 0 unspecified atom stereocenters. The van der Waals surface area contributed by atoms with Crippen molar-refractivity contribution in [3.63, 3.8) is 0 Å². The highest BCUT2D eigenvalue weighted by Crippen LogP contribution is 2.31. The number of methoxy groups -OCH3 is 1. The van der Waals surface area contributed by atoms with E-state index in [0.29, 0.717) is 13.0 Å². The lowest BCUT2D eigenvalue weighted by molar-refractivity contribution is -0.134. The van der Waals surface area contributed by atoms with Crippen molar-refractivity contribution in [1.82, 2.24) is 0 Å². The van der Waals surface area contributed by atoms with Crippen molar-refractivity contribution in [2.24, 2.45) is 0 Å². The lowest BCUT2D eigenvalue weighted by Crippen LogP contribution is -2.35. The molecule has 5 heteroatoms. The van der Waals surface area contributed by atoms with Gasteiger partial charge in [-0.1, -0.05) is 0 Å². The van der Waals surface area contributed by atoms with E-state index in [0.717, 1.165) is 12.8 Å². The van der Waals surface area contributed by atoms with Crippen molar-refractivity contribution in [3.05, 3.63) is 12.2 Å². The number of epoxide rings is 1. The molecule has 0 amide bonds. The molecule has 0 bridgehead atoms. The van der Waals surface area contributed by atoms with Gasteiger partial charge in [0.25, 0.3) is 0 Å². The Morgan fingerprint density at radius 3 is 3.06 bits per heavy atom. The lowest BCUT2D eigenvalue weighted by Gasteiger charge is -2.27. The van der Waals surface area contributed by atoms with Crippen LogP contribution in [-0.4, -0.2) is 49.2 Å². The van der Waals surface area contributed by atoms with Gasteiger partial charge >= 0.3 is 5.97 Å². The highest BCUT2D eigenvalue weighted by Gasteiger charge is 2.40. The maximum Gasteiger partial charge on any atom is 0.330 e. The van der Waals surface area contributed by atoms with Gasteiger partial charge in [-0.25, -0.2) is 4.79 Å². The Hall–Kier alpha value is -0.910. The molecule has 17 heavy (non-hydrogen) atoms. The van der Waals surface area contributed by atoms with Crippen LogP contribution in [0, 0.1) is 0 Å². The summed E-state index contributed by atoms with van der Waals surface area (Å²) >= 11 is 0. The van der Waals surface area contributed by atoms with E-state index in [4.69, 9.17) is 9.47 Å². The van der Waals surface area contributed by atoms with Crippen LogP contribution in [0.25, 0.3) is 0 Å². The Morgan fingerprint density at radius 1 is 1.53 bits per heavy atom. The summed E-state index contributed by atoms with van der Waals surface area (Å²) in [6, 6.07) is 0. The van der Waals surface area contributed by atoms with E-state index >= 15 is 0 Å². The van der Waals surface area contributed by atoms with Crippen LogP contribution in [0.3, 0.4) is 0 Å². The lowest BCUT2D eigenvalue weighted by atomic mass is 10.0. The van der Waals surface area contributed by atoms with Crippen LogP contribution in [0.1, 0.15) is 19.3 Å². The molecule has 2 aliphatic rings. The van der Waals surface area contributed by atoms with Crippen molar-refractivity contribution in [3.8, 4) is 0 Å². The van der Waals surface area contributed by atoms with Gasteiger partial charge in [0.15, 0.2) is 0 Å². The molecule has 0 radical (unpaired) electrons. The molecule has 5 nitrogen and oxygen atoms in total. The van der Waals surface area contributed by atoms with Gasteiger partial charge in [-0.2, -0.15) is 0 Å². The summed E-state index contributed by atoms with van der Waals surface area (Å²) in [5.74, 6) is -0.381. The average molecular weight is 242 g/mol. The van der Waals surface area contributed by atoms with Gasteiger partial charge < -0.3 is 19.3 Å². The largest absolute Gasteiger partial charge is 0.466 e. The third-order valence-corrected chi connectivity index (χ3v) is 3.11. The standard InChI is InChI=1S/C12H18O5/c1-15-12(14)5-4-9-11(17-9)7-10-8(13)3-2-6-16-10/h4-5,8-11,13H,2-3,6-7H2,1H3/b5-4+/t8-,9+,10+,11+/m0/s1. The Balaban J connectivity index is 1.72. The molecule has 4 atom stereocenters. The summed E-state index contributed by atoms with van der Waals surface area (Å²) in [6.07, 6.45) is 4.91. The van der Waals surface area contributed by atoms with Crippen molar-refractivity contribution >= 4 is 5.97 Å². The molecule has 0 aromatic heterocycles. The predicted octanol–water partition coefficient (Wildman–Crippen LogP) is 0.413. The zero-order valence-electron chi connectivity index (χ0n) is 9.87. The summed E-state index contributed by atoms with van der Waals surface area (Å²) in [5.41, 5.74) is 0. The smallest absolute Gasteiger partial charge is 0.330 e. The van der Waals surface area contributed by atoms with E-state index in [1.807, 2.05) is 0 Å². The van der Waals surface area contributed by atoms with Crippen LogP contribution in [0.2, 0.25) is 0 Å². The van der Waals surface area contributed by atoms with Gasteiger partial charge in [-0.15, -0.1) is 0 Å². The fraction of sp³-hybridized carbons (Fsp3) is 0.750. The van der Waals surface area contributed by atoms with Crippen molar-refractivity contribution in [2.45, 2.75) is 43.7 Å². The van der Waals surface area contributed by atoms with Crippen LogP contribution >= 0.6 is 0 Å². The number of hydrogen-bond donors (Lipinski definition) is 1. The minimum atomic E-state index is -0.391. The monoisotopic (exact) mass is 242 g/mol. The van der Waals surface area contributed by atoms with Gasteiger partial charge in [0.2, 0.25) is 0 Å². The molecule has 0 aliphatic carbocycles. The SMILES string of the molecule is COC(=O)/C=C/[C@H]1O[C@@H]1C[C@H]1OCCC[C@@H]1O. The minimum Gasteiger partial charge on any atom is -0.466 e. The van der Waals surface area contributed by atoms with Gasteiger partial charge in [-0.05, 0) is 18.9 Å². The first-order chi connectivity index (χ1) is 8.20. The molecule has 2 fully saturated rings. The maximum atomic E-state index is 10.9. The number of ether oxygens (including phenoxy) is 3. The summed E-state index contributed by atoms with van der Waals surface area (Å²) in [5, 5.41) is 9.72. The highest BCUT2D eigenvalue weighted by molar-refractivity contribution is 5.81. The molecule has 0 aromatic carbocycles. The van der Waals surface area contributed by atoms with Crippen molar-refractivity contribution in [1.29, 1.82) is 0 Å². The fourth-order valence-corrected chi connectivity index (χ4v) is 2.04. The second-order valence-electron chi connectivity index (χ2n) is 4.38. The Kier molecular flexibility index (Phi) is 4.15. The molecule has 2 saturated heterocycles. The van der Waals surface area contributed by atoms with Crippen LogP contribution in [0.15, 0.2) is 12.2 Å². The van der Waals surface area contributed by atoms with E-state index in [-0.39, 0.29) is 24.3 Å². The second-order valence-corrected chi connectivity index (χ2v) is 4.38. The third kappa shape index (κ3) is 3.52. The summed E-state index contributed by atoms with van der Waals surface area (Å²) in [6.45, 7) is 0.705. The first-order valence-electron chi connectivity index (χ1n) is 5.92. The zero-order valence-corrected chi connectivity index (χ0v) is 9.87. The molecule has 0 spiro atoms. The molecule has 96 valence electrons. The van der Waals surface area contributed by atoms with Gasteiger partial charge in [0, 0.05) is 19.1 Å². The number of rotatable bonds is 4. The van der Waals surface area contributed by atoms with Crippen LogP contribution in [-0.2, 0) is 19.0 Å². The molecule has 1 N–H and O–H groups in total. The first-order valence-corrected chi connectivity index (χ1v) is 5.92. The van der Waals surface area contributed by atoms with E-state index in [1.54, 1.807) is 6.08 Å². The predicted molar refractivity (Wildman–Crippen MR) is 59.4 cm³/mol. The molecule has 0 saturated carbocycles. The highest BCUT2D eigenvalue weighted by atomic mass is 16.6. The topological polar surface area (TPSA) is 68.3 Å². The Bertz CT molecular complexity index is 301. The number of esters is 1. The number of carbonyl (C=O) groups is 1. The van der Waals surface area contributed by atoms with Gasteiger partial charge in [-0.3, -0.25) is 0 Å². The normalized spacial score (nSPS) is 37.1. The molecule has 0 aromatic rings. The second kappa shape index (κ2) is 5.62. The maximum absolute atomic E-state index is 10.9. The molecular formula is C12H18O5. The fourth-order valence-electron chi connectivity index (χ4n) is 2.04. The molecule has 2 rings (SSSR count). The van der Waals surface area contributed by atoms with Gasteiger partial charge in [0.05, 0.1) is 25.4 Å². The van der Waals surface area contributed by atoms with Crippen LogP contribution in [0.5, 0.6) is 0 Å². The number of aliphatic hydroxyl groups excluding tert-OH is 1. The quantitative estimate of drug-likeness (QED) is 0.439. The molecular weight excluding hydrogens is 224 g/mol. The van der Waals surface area contributed by atoms with E-state index in [2.05, 4.69) is 4.74 Å². The Morgan fingerprint density at radius 2 is 2.35 bits per heavy atom. The molecule has 2 aliphatic heterocycles. The van der Waals surface area contributed by atoms with Gasteiger partial charge in [0.1, 0.15) is 6.10 Å². The summed E-state index contributed by atoms with van der Waals surface area (Å²) in [7, 11) is 1.34. The van der Waals surface area contributed by atoms with Crippen molar-refractivity contribution < 1.29 is 24.1 Å². The molecule has 2 heterocycles. The third-order valence-electron chi connectivity index (χ3n) is 3.11. The van der Waals surface area contributed by atoms with E-state index in [9.17, 15) is 9.90 Å². The first kappa shape index (κ1) is 12.5. The van der Waals surface area contributed by atoms with E-state index < -0.39 is 6.10 Å². The Labute approximate surface area is 100 Å². The summed E-state index contributed by atoms with van der Waals surface area (Å²) in [4.78, 5) is 10.9. The number of aliphatic hydroxyl groups is 1. The minimum absolute atomic E-state index is 0.0492. The van der Waals surface area contributed by atoms with E-state index in [1.165, 1.54) is 13.2 Å². The summed E-state index contributed by atoms with van der Waals surface area (Å²) < 4.78 is 15.4. The van der Waals surface area contributed by atoms with Crippen molar-refractivity contribution in [2.75, 3.05) is 13.7 Å². The van der Waals surface area contributed by atoms with Crippen LogP contribution in [0.4, 0.5) is 0 Å². The zero-order chi connectivity index (χ0) is 12.3. The number of hydrogen-bond acceptors (Lipinski definition) is 5. The van der Waals surface area contributed by atoms with Crippen LogP contribution < -0.4 is 0 Å².